The van der Waals surface area contributed by atoms with Gasteiger partial charge in [-0.05, 0) is 73.2 Å². The molecule has 42 heavy (non-hydrogen) atoms. The number of hydrogen-bond donors (Lipinski definition) is 1. The maximum absolute atomic E-state index is 14.4. The predicted molar refractivity (Wildman–Crippen MR) is 168 cm³/mol. The number of methoxy groups -OCH3 is 1. The zero-order valence-electron chi connectivity index (χ0n) is 24.5. The van der Waals surface area contributed by atoms with Crippen LogP contribution in [0.15, 0.2) is 72.8 Å². The summed E-state index contributed by atoms with van der Waals surface area (Å²) in [7, 11) is 1.67. The van der Waals surface area contributed by atoms with E-state index in [0.717, 1.165) is 81.4 Å². The van der Waals surface area contributed by atoms with Gasteiger partial charge in [0.1, 0.15) is 11.6 Å². The van der Waals surface area contributed by atoms with Gasteiger partial charge < -0.3 is 15.0 Å². The lowest BCUT2D eigenvalue weighted by Gasteiger charge is -2.47. The van der Waals surface area contributed by atoms with E-state index in [1.54, 1.807) is 13.2 Å². The molecule has 3 aromatic rings. The van der Waals surface area contributed by atoms with Crippen LogP contribution in [0.5, 0.6) is 5.75 Å². The van der Waals surface area contributed by atoms with Crippen LogP contribution in [0, 0.1) is 11.7 Å². The number of nitrogens with zero attached hydrogens (tertiary/aromatic N) is 3. The van der Waals surface area contributed by atoms with Gasteiger partial charge in [-0.15, -0.1) is 0 Å². The monoisotopic (exact) mass is 592 g/mol. The third-order valence-corrected chi connectivity index (χ3v) is 8.98. The van der Waals surface area contributed by atoms with Gasteiger partial charge in [0, 0.05) is 63.3 Å². The third kappa shape index (κ3) is 8.03. The van der Waals surface area contributed by atoms with E-state index in [-0.39, 0.29) is 11.7 Å². The van der Waals surface area contributed by atoms with Crippen LogP contribution >= 0.6 is 11.6 Å². The normalized spacial score (nSPS) is 19.9. The molecule has 0 radical (unpaired) electrons. The SMILES string of the molecule is COc1ccccc1CCNC(=O)CC[C@@H]1CN(Cc2ccc(Cl)cc2)CC[C@@H]1N1CCN(c2ccccc2F)CC1. The fourth-order valence-electron chi connectivity index (χ4n) is 6.50. The molecule has 2 aliphatic heterocycles. The molecule has 0 aliphatic carbocycles. The van der Waals surface area contributed by atoms with Crippen molar-refractivity contribution in [2.45, 2.75) is 38.3 Å². The van der Waals surface area contributed by atoms with E-state index in [1.807, 2.05) is 48.5 Å². The molecular weight excluding hydrogens is 551 g/mol. The fraction of sp³-hybridized carbons (Fsp3) is 0.441. The molecule has 2 heterocycles. The van der Waals surface area contributed by atoms with Crippen LogP contribution in [0.4, 0.5) is 10.1 Å². The van der Waals surface area contributed by atoms with E-state index in [1.165, 1.54) is 11.6 Å². The Balaban J connectivity index is 1.18. The molecule has 1 N–H and O–H groups in total. The maximum atomic E-state index is 14.4. The van der Waals surface area contributed by atoms with E-state index in [9.17, 15) is 9.18 Å². The van der Waals surface area contributed by atoms with Gasteiger partial charge in [-0.3, -0.25) is 14.6 Å². The Morgan fingerprint density at radius 1 is 0.976 bits per heavy atom. The zero-order chi connectivity index (χ0) is 29.3. The number of likely N-dealkylation sites (tertiary alicyclic amines) is 1. The van der Waals surface area contributed by atoms with E-state index in [4.69, 9.17) is 16.3 Å². The van der Waals surface area contributed by atoms with Crippen molar-refractivity contribution in [3.05, 3.63) is 94.8 Å². The van der Waals surface area contributed by atoms with Gasteiger partial charge in [0.2, 0.25) is 5.91 Å². The van der Waals surface area contributed by atoms with Gasteiger partial charge in [-0.2, -0.15) is 0 Å². The lowest BCUT2D eigenvalue weighted by atomic mass is 9.86. The average Bonchev–Trinajstić information content (AvgIpc) is 3.02. The molecule has 8 heteroatoms. The minimum Gasteiger partial charge on any atom is -0.496 e. The number of halogens is 2. The first-order chi connectivity index (χ1) is 20.5. The van der Waals surface area contributed by atoms with Gasteiger partial charge in [0.05, 0.1) is 12.8 Å². The number of hydrogen-bond acceptors (Lipinski definition) is 5. The van der Waals surface area contributed by atoms with Crippen molar-refractivity contribution in [1.82, 2.24) is 15.1 Å². The first-order valence-electron chi connectivity index (χ1n) is 15.1. The minimum absolute atomic E-state index is 0.0999. The van der Waals surface area contributed by atoms with Gasteiger partial charge in [0.15, 0.2) is 0 Å². The Kier molecular flexibility index (Phi) is 10.7. The van der Waals surface area contributed by atoms with Crippen LogP contribution in [0.2, 0.25) is 5.02 Å². The Morgan fingerprint density at radius 3 is 2.48 bits per heavy atom. The van der Waals surface area contributed by atoms with Crippen LogP contribution < -0.4 is 15.0 Å². The molecule has 1 amide bonds. The molecule has 2 atom stereocenters. The quantitative estimate of drug-likeness (QED) is 0.312. The summed E-state index contributed by atoms with van der Waals surface area (Å²) in [6.07, 6.45) is 3.16. The second kappa shape index (κ2) is 14.9. The molecule has 2 fully saturated rings. The molecule has 0 bridgehead atoms. The first kappa shape index (κ1) is 30.3. The van der Waals surface area contributed by atoms with Crippen molar-refractivity contribution >= 4 is 23.2 Å². The highest BCUT2D eigenvalue weighted by Gasteiger charge is 2.35. The Hall–Kier alpha value is -3.13. The van der Waals surface area contributed by atoms with Crippen molar-refractivity contribution in [2.75, 3.05) is 57.8 Å². The summed E-state index contributed by atoms with van der Waals surface area (Å²) in [4.78, 5) is 20.2. The second-order valence-corrected chi connectivity index (χ2v) is 11.8. The number of carbonyl (C=O) groups excluding carboxylic acids is 1. The maximum Gasteiger partial charge on any atom is 0.220 e. The summed E-state index contributed by atoms with van der Waals surface area (Å²) in [5.41, 5.74) is 3.04. The standard InChI is InChI=1S/C34H42ClFN4O2/c1-42-33-9-5-2-6-27(33)16-18-37-34(41)15-12-28-25-38(24-26-10-13-29(35)14-11-26)19-17-31(28)39-20-22-40(23-21-39)32-8-4-3-7-30(32)36/h2-11,13-14,28,31H,12,15-25H2,1H3,(H,37,41)/t28-,31+/m1/s1. The average molecular weight is 593 g/mol. The van der Waals surface area contributed by atoms with Crippen molar-refractivity contribution in [1.29, 1.82) is 0 Å². The van der Waals surface area contributed by atoms with Crippen molar-refractivity contribution < 1.29 is 13.9 Å². The minimum atomic E-state index is -0.156. The van der Waals surface area contributed by atoms with Crippen LogP contribution in [-0.4, -0.2) is 74.7 Å². The lowest BCUT2D eigenvalue weighted by Crippen LogP contribution is -2.56. The lowest BCUT2D eigenvalue weighted by molar-refractivity contribution is -0.121. The van der Waals surface area contributed by atoms with Crippen molar-refractivity contribution in [3.63, 3.8) is 0 Å². The van der Waals surface area contributed by atoms with Crippen LogP contribution in [-0.2, 0) is 17.8 Å². The Morgan fingerprint density at radius 2 is 1.71 bits per heavy atom. The molecule has 2 saturated heterocycles. The molecule has 0 unspecified atom stereocenters. The molecule has 0 saturated carbocycles. The highest BCUT2D eigenvalue weighted by atomic mass is 35.5. The fourth-order valence-corrected chi connectivity index (χ4v) is 6.63. The van der Waals surface area contributed by atoms with Gasteiger partial charge in [0.25, 0.3) is 0 Å². The number of ether oxygens (including phenoxy) is 1. The Labute approximate surface area is 254 Å². The van der Waals surface area contributed by atoms with E-state index in [2.05, 4.69) is 32.1 Å². The van der Waals surface area contributed by atoms with Gasteiger partial charge in [-0.1, -0.05) is 54.1 Å². The number of benzene rings is 3. The number of piperazine rings is 1. The van der Waals surface area contributed by atoms with Gasteiger partial charge >= 0.3 is 0 Å². The van der Waals surface area contributed by atoms with Crippen LogP contribution in [0.25, 0.3) is 0 Å². The van der Waals surface area contributed by atoms with Crippen molar-refractivity contribution in [3.8, 4) is 5.75 Å². The van der Waals surface area contributed by atoms with Crippen LogP contribution in [0.1, 0.15) is 30.4 Å². The molecule has 0 aromatic heterocycles. The first-order valence-corrected chi connectivity index (χ1v) is 15.5. The highest BCUT2D eigenvalue weighted by molar-refractivity contribution is 6.30. The third-order valence-electron chi connectivity index (χ3n) is 8.73. The van der Waals surface area contributed by atoms with Crippen molar-refractivity contribution in [2.24, 2.45) is 5.92 Å². The van der Waals surface area contributed by atoms with Crippen LogP contribution in [0.3, 0.4) is 0 Å². The highest BCUT2D eigenvalue weighted by Crippen LogP contribution is 2.30. The second-order valence-electron chi connectivity index (χ2n) is 11.4. The predicted octanol–water partition coefficient (Wildman–Crippen LogP) is 5.64. The van der Waals surface area contributed by atoms with E-state index in [0.29, 0.717) is 30.6 Å². The molecule has 224 valence electrons. The van der Waals surface area contributed by atoms with Gasteiger partial charge in [-0.25, -0.2) is 4.39 Å². The number of anilines is 1. The summed E-state index contributed by atoms with van der Waals surface area (Å²) in [5, 5.41) is 3.88. The smallest absolute Gasteiger partial charge is 0.220 e. The summed E-state index contributed by atoms with van der Waals surface area (Å²) in [5.74, 6) is 1.18. The molecule has 3 aromatic carbocycles. The molecule has 0 spiro atoms. The number of carbonyl (C=O) groups is 1. The zero-order valence-corrected chi connectivity index (χ0v) is 25.2. The molecule has 2 aliphatic rings. The summed E-state index contributed by atoms with van der Waals surface area (Å²) in [6, 6.07) is 23.5. The number of para-hydroxylation sites is 2. The number of rotatable bonds is 11. The topological polar surface area (TPSA) is 48.1 Å². The number of piperidine rings is 1. The molecule has 5 rings (SSSR count). The van der Waals surface area contributed by atoms with E-state index >= 15 is 0 Å². The summed E-state index contributed by atoms with van der Waals surface area (Å²) < 4.78 is 19.9. The summed E-state index contributed by atoms with van der Waals surface area (Å²) >= 11 is 6.11. The molecular formula is C34H42ClFN4O2. The number of amides is 1. The Bertz CT molecular complexity index is 1300. The van der Waals surface area contributed by atoms with E-state index < -0.39 is 0 Å². The number of nitrogens with one attached hydrogen (secondary N) is 1. The summed E-state index contributed by atoms with van der Waals surface area (Å²) in [6.45, 7) is 6.86. The molecule has 6 nitrogen and oxygen atoms in total. The largest absolute Gasteiger partial charge is 0.496 e.